The van der Waals surface area contributed by atoms with Crippen LogP contribution in [0.15, 0.2) is 29.1 Å². The number of fused-ring (bicyclic) bond motifs is 1. The molecule has 0 aliphatic carbocycles. The molecule has 1 aromatic carbocycles. The molecule has 2 aromatic rings. The molecule has 1 aliphatic rings. The summed E-state index contributed by atoms with van der Waals surface area (Å²) in [6.07, 6.45) is 0.296. The van der Waals surface area contributed by atoms with Gasteiger partial charge in [0.05, 0.1) is 5.39 Å². The van der Waals surface area contributed by atoms with Gasteiger partial charge in [0.2, 0.25) is 0 Å². The Morgan fingerprint density at radius 3 is 2.15 bits per heavy atom. The molecular weight excluding hydrogens is 268 g/mol. The monoisotopic (exact) mass is 278 g/mol. The third-order valence-electron chi connectivity index (χ3n) is 2.58. The molecule has 2 heterocycles. The highest BCUT2D eigenvalue weighted by molar-refractivity contribution is 6.00. The Morgan fingerprint density at radius 2 is 1.60 bits per heavy atom. The SMILES string of the molecule is O=C1CCC(=O)N1O.O=c1c2ccccc2nnn1O. The second kappa shape index (κ2) is 5.45. The molecule has 1 aliphatic heterocycles. The van der Waals surface area contributed by atoms with Crippen LogP contribution in [0, 0.1) is 0 Å². The van der Waals surface area contributed by atoms with Crippen LogP contribution < -0.4 is 5.56 Å². The van der Waals surface area contributed by atoms with Gasteiger partial charge in [-0.15, -0.1) is 5.10 Å². The molecule has 3 rings (SSSR count). The summed E-state index contributed by atoms with van der Waals surface area (Å²) >= 11 is 0. The number of rotatable bonds is 0. The van der Waals surface area contributed by atoms with E-state index in [0.717, 1.165) is 0 Å². The fourth-order valence-corrected chi connectivity index (χ4v) is 1.55. The van der Waals surface area contributed by atoms with Crippen molar-refractivity contribution in [2.75, 3.05) is 0 Å². The number of carbonyl (C=O) groups is 2. The maximum absolute atomic E-state index is 11.1. The molecule has 0 saturated carbocycles. The number of hydrogen-bond donors (Lipinski definition) is 2. The van der Waals surface area contributed by atoms with Crippen LogP contribution in [-0.4, -0.2) is 42.4 Å². The van der Waals surface area contributed by atoms with Gasteiger partial charge in [0.1, 0.15) is 5.52 Å². The molecule has 104 valence electrons. The second-order valence-corrected chi connectivity index (χ2v) is 3.90. The molecule has 9 heteroatoms. The minimum absolute atomic E-state index is 0.148. The van der Waals surface area contributed by atoms with Crippen LogP contribution in [-0.2, 0) is 9.59 Å². The summed E-state index contributed by atoms with van der Waals surface area (Å²) in [4.78, 5) is 31.8. The minimum atomic E-state index is -0.555. The first-order valence-electron chi connectivity index (χ1n) is 5.59. The van der Waals surface area contributed by atoms with E-state index >= 15 is 0 Å². The first kappa shape index (κ1) is 13.6. The third-order valence-corrected chi connectivity index (χ3v) is 2.58. The predicted molar refractivity (Wildman–Crippen MR) is 63.9 cm³/mol. The Labute approximate surface area is 111 Å². The average Bonchev–Trinajstić information content (AvgIpc) is 2.75. The maximum Gasteiger partial charge on any atom is 0.314 e. The number of imide groups is 1. The van der Waals surface area contributed by atoms with Gasteiger partial charge in [-0.25, -0.2) is 0 Å². The van der Waals surface area contributed by atoms with Crippen molar-refractivity contribution in [3.05, 3.63) is 34.6 Å². The van der Waals surface area contributed by atoms with Gasteiger partial charge in [-0.2, -0.15) is 5.06 Å². The van der Waals surface area contributed by atoms with E-state index in [0.29, 0.717) is 10.9 Å². The van der Waals surface area contributed by atoms with Crippen molar-refractivity contribution in [2.45, 2.75) is 12.8 Å². The van der Waals surface area contributed by atoms with E-state index in [9.17, 15) is 14.4 Å². The molecule has 1 aromatic heterocycles. The Hall–Kier alpha value is -2.81. The Bertz CT molecular complexity index is 710. The zero-order chi connectivity index (χ0) is 14.7. The van der Waals surface area contributed by atoms with Gasteiger partial charge in [-0.3, -0.25) is 19.6 Å². The lowest BCUT2D eigenvalue weighted by atomic mass is 10.2. The minimum Gasteiger partial charge on any atom is -0.407 e. The van der Waals surface area contributed by atoms with Gasteiger partial charge < -0.3 is 5.21 Å². The average molecular weight is 278 g/mol. The topological polar surface area (TPSA) is 126 Å². The van der Waals surface area contributed by atoms with Crippen LogP contribution in [0.1, 0.15) is 12.8 Å². The molecule has 0 radical (unpaired) electrons. The van der Waals surface area contributed by atoms with Crippen molar-refractivity contribution in [1.29, 1.82) is 0 Å². The lowest BCUT2D eigenvalue weighted by Gasteiger charge is -1.98. The third kappa shape index (κ3) is 2.62. The van der Waals surface area contributed by atoms with Crippen LogP contribution >= 0.6 is 0 Å². The molecular formula is C11H10N4O5. The van der Waals surface area contributed by atoms with E-state index in [1.54, 1.807) is 24.3 Å². The Balaban J connectivity index is 0.000000160. The van der Waals surface area contributed by atoms with Gasteiger partial charge in [-0.05, 0) is 22.2 Å². The molecule has 9 nitrogen and oxygen atoms in total. The van der Waals surface area contributed by atoms with Crippen LogP contribution in [0.2, 0.25) is 0 Å². The normalized spacial score (nSPS) is 14.3. The van der Waals surface area contributed by atoms with Crippen molar-refractivity contribution in [3.8, 4) is 0 Å². The quantitative estimate of drug-likeness (QED) is 0.380. The summed E-state index contributed by atoms with van der Waals surface area (Å²) in [5.74, 6) is -1.01. The fraction of sp³-hybridized carbons (Fsp3) is 0.182. The number of hydrogen-bond acceptors (Lipinski definition) is 7. The first-order valence-corrected chi connectivity index (χ1v) is 5.59. The van der Waals surface area contributed by atoms with Gasteiger partial charge in [0.25, 0.3) is 11.8 Å². The molecule has 1 fully saturated rings. The Kier molecular flexibility index (Phi) is 3.71. The maximum atomic E-state index is 11.1. The van der Waals surface area contributed by atoms with Gasteiger partial charge in [0.15, 0.2) is 0 Å². The number of hydroxylamine groups is 2. The summed E-state index contributed by atoms with van der Waals surface area (Å²) in [6, 6.07) is 6.69. The van der Waals surface area contributed by atoms with E-state index in [4.69, 9.17) is 10.4 Å². The van der Waals surface area contributed by atoms with E-state index in [1.165, 1.54) is 0 Å². The number of carbonyl (C=O) groups excluding carboxylic acids is 2. The molecule has 0 unspecified atom stereocenters. The second-order valence-electron chi connectivity index (χ2n) is 3.90. The van der Waals surface area contributed by atoms with Gasteiger partial charge >= 0.3 is 5.56 Å². The number of aromatic nitrogens is 3. The van der Waals surface area contributed by atoms with Crippen LogP contribution in [0.3, 0.4) is 0 Å². The zero-order valence-corrected chi connectivity index (χ0v) is 10.1. The van der Waals surface area contributed by atoms with E-state index in [1.807, 2.05) is 0 Å². The van der Waals surface area contributed by atoms with Gasteiger partial charge in [0, 0.05) is 12.8 Å². The summed E-state index contributed by atoms with van der Waals surface area (Å²) in [5.41, 5.74) is -0.0756. The smallest absolute Gasteiger partial charge is 0.314 e. The van der Waals surface area contributed by atoms with Crippen LogP contribution in [0.4, 0.5) is 0 Å². The van der Waals surface area contributed by atoms with Crippen molar-refractivity contribution in [1.82, 2.24) is 20.2 Å². The van der Waals surface area contributed by atoms with Gasteiger partial charge in [-0.1, -0.05) is 12.1 Å². The summed E-state index contributed by atoms with van der Waals surface area (Å²) in [7, 11) is 0. The highest BCUT2D eigenvalue weighted by atomic mass is 16.5. The largest absolute Gasteiger partial charge is 0.407 e. The lowest BCUT2D eigenvalue weighted by Crippen LogP contribution is -2.24. The molecule has 1 saturated heterocycles. The summed E-state index contributed by atoms with van der Waals surface area (Å²) in [6.45, 7) is 0. The van der Waals surface area contributed by atoms with E-state index in [-0.39, 0.29) is 22.7 Å². The molecule has 0 atom stereocenters. The number of amides is 2. The lowest BCUT2D eigenvalue weighted by molar-refractivity contribution is -0.171. The molecule has 0 spiro atoms. The van der Waals surface area contributed by atoms with Crippen molar-refractivity contribution in [2.24, 2.45) is 0 Å². The fourth-order valence-electron chi connectivity index (χ4n) is 1.55. The zero-order valence-electron chi connectivity index (χ0n) is 10.1. The first-order chi connectivity index (χ1) is 9.50. The van der Waals surface area contributed by atoms with Crippen LogP contribution in [0.25, 0.3) is 10.9 Å². The van der Waals surface area contributed by atoms with E-state index < -0.39 is 17.4 Å². The molecule has 2 amide bonds. The summed E-state index contributed by atoms with van der Waals surface area (Å²) in [5, 5.41) is 24.6. The van der Waals surface area contributed by atoms with E-state index in [2.05, 4.69) is 10.3 Å². The highest BCUT2D eigenvalue weighted by Crippen LogP contribution is 2.07. The standard InChI is InChI=1S/C7H5N3O2.C4H5NO3/c11-7-5-3-1-2-4-6(5)8-9-10(7)12;6-3-1-2-4(7)5(3)8/h1-4,12H;8H,1-2H2. The number of nitrogens with zero attached hydrogens (tertiary/aromatic N) is 4. The molecule has 20 heavy (non-hydrogen) atoms. The van der Waals surface area contributed by atoms with Crippen molar-refractivity contribution >= 4 is 22.7 Å². The molecule has 2 N–H and O–H groups in total. The van der Waals surface area contributed by atoms with Crippen LogP contribution in [0.5, 0.6) is 0 Å². The summed E-state index contributed by atoms with van der Waals surface area (Å²) < 4.78 is 0. The van der Waals surface area contributed by atoms with Crippen molar-refractivity contribution in [3.63, 3.8) is 0 Å². The Morgan fingerprint density at radius 1 is 1.00 bits per heavy atom. The number of benzene rings is 1. The molecule has 0 bridgehead atoms. The highest BCUT2D eigenvalue weighted by Gasteiger charge is 2.26. The van der Waals surface area contributed by atoms with Crippen molar-refractivity contribution < 1.29 is 20.0 Å². The predicted octanol–water partition coefficient (Wildman–Crippen LogP) is -0.447.